The molecule has 3 aromatic rings. The number of hydrogen-bond acceptors (Lipinski definition) is 5. The number of rotatable bonds is 7. The summed E-state index contributed by atoms with van der Waals surface area (Å²) in [6.07, 6.45) is -0.508. The fraction of sp³-hybridized carbons (Fsp3) is 0.208. The van der Waals surface area contributed by atoms with Gasteiger partial charge < -0.3 is 14.8 Å². The van der Waals surface area contributed by atoms with E-state index in [0.29, 0.717) is 11.5 Å². The Kier molecular flexibility index (Phi) is 6.88. The molecule has 1 amide bonds. The lowest BCUT2D eigenvalue weighted by atomic mass is 10.1. The number of sulfonamides is 1. The lowest BCUT2D eigenvalue weighted by Crippen LogP contribution is -2.40. The van der Waals surface area contributed by atoms with Crippen LogP contribution < -0.4 is 19.5 Å². The smallest absolute Gasteiger partial charge is 0.251 e. The number of ether oxygens (including phenoxy) is 2. The van der Waals surface area contributed by atoms with E-state index < -0.39 is 22.0 Å². The van der Waals surface area contributed by atoms with Gasteiger partial charge in [0.05, 0.1) is 17.6 Å². The zero-order chi connectivity index (χ0) is 23.4. The zero-order valence-corrected chi connectivity index (χ0v) is 19.4. The Morgan fingerprint density at radius 1 is 1.06 bits per heavy atom. The highest BCUT2D eigenvalue weighted by molar-refractivity contribution is 7.89. The number of fused-ring (bicyclic) bond motifs is 1. The molecule has 7 nitrogen and oxygen atoms in total. The van der Waals surface area contributed by atoms with Crippen LogP contribution >= 0.6 is 11.6 Å². The maximum atomic E-state index is 12.9. The minimum Gasteiger partial charge on any atom is -0.486 e. The predicted octanol–water partition coefficient (Wildman–Crippen LogP) is 3.95. The van der Waals surface area contributed by atoms with Crippen LogP contribution in [0.1, 0.15) is 28.9 Å². The second-order valence-electron chi connectivity index (χ2n) is 7.60. The summed E-state index contributed by atoms with van der Waals surface area (Å²) in [5.41, 5.74) is 1.12. The number of hydrogen-bond donors (Lipinski definition) is 2. The third-order valence-electron chi connectivity index (χ3n) is 5.20. The summed E-state index contributed by atoms with van der Waals surface area (Å²) in [6, 6.07) is 20.6. The molecule has 0 saturated heterocycles. The molecule has 4 rings (SSSR count). The van der Waals surface area contributed by atoms with Gasteiger partial charge >= 0.3 is 0 Å². The molecule has 9 heteroatoms. The molecule has 0 unspecified atom stereocenters. The van der Waals surface area contributed by atoms with Crippen LogP contribution in [0.25, 0.3) is 0 Å². The Bertz CT molecular complexity index is 1250. The molecule has 1 aliphatic rings. The number of carbonyl (C=O) groups excluding carboxylic acids is 1. The van der Waals surface area contributed by atoms with Crippen molar-refractivity contribution in [2.45, 2.75) is 24.0 Å². The fourth-order valence-electron chi connectivity index (χ4n) is 3.40. The Balaban J connectivity index is 1.44. The van der Waals surface area contributed by atoms with Crippen LogP contribution in [0, 0.1) is 0 Å². The van der Waals surface area contributed by atoms with Gasteiger partial charge in [-0.25, -0.2) is 13.1 Å². The third kappa shape index (κ3) is 5.47. The van der Waals surface area contributed by atoms with Gasteiger partial charge in [-0.05, 0) is 42.8 Å². The van der Waals surface area contributed by atoms with E-state index in [2.05, 4.69) is 10.0 Å². The summed E-state index contributed by atoms with van der Waals surface area (Å²) in [6.45, 7) is 2.04. The highest BCUT2D eigenvalue weighted by Crippen LogP contribution is 2.31. The first-order valence-electron chi connectivity index (χ1n) is 10.4. The van der Waals surface area contributed by atoms with Crippen molar-refractivity contribution in [1.82, 2.24) is 10.0 Å². The molecule has 2 atom stereocenters. The normalized spacial score (nSPS) is 16.1. The van der Waals surface area contributed by atoms with Crippen LogP contribution in [0.15, 0.2) is 77.7 Å². The average Bonchev–Trinajstić information content (AvgIpc) is 2.83. The van der Waals surface area contributed by atoms with Crippen LogP contribution in [0.2, 0.25) is 5.02 Å². The Morgan fingerprint density at radius 3 is 2.52 bits per heavy atom. The Labute approximate surface area is 197 Å². The lowest BCUT2D eigenvalue weighted by molar-refractivity contribution is 0.0939. The van der Waals surface area contributed by atoms with E-state index in [9.17, 15) is 13.2 Å². The molecule has 3 aromatic carbocycles. The first-order valence-corrected chi connectivity index (χ1v) is 12.2. The van der Waals surface area contributed by atoms with Crippen molar-refractivity contribution in [3.8, 4) is 11.5 Å². The second kappa shape index (κ2) is 9.82. The molecule has 1 heterocycles. The number of halogens is 1. The molecule has 0 aliphatic carbocycles. The summed E-state index contributed by atoms with van der Waals surface area (Å²) < 4.78 is 39.8. The van der Waals surface area contributed by atoms with Crippen molar-refractivity contribution in [3.05, 3.63) is 88.9 Å². The lowest BCUT2D eigenvalue weighted by Gasteiger charge is -2.26. The van der Waals surface area contributed by atoms with Crippen LogP contribution in [-0.2, 0) is 10.0 Å². The average molecular weight is 487 g/mol. The van der Waals surface area contributed by atoms with Crippen molar-refractivity contribution in [2.24, 2.45) is 0 Å². The Hall–Kier alpha value is -3.07. The fourth-order valence-corrected chi connectivity index (χ4v) is 4.99. The van der Waals surface area contributed by atoms with Crippen molar-refractivity contribution >= 4 is 27.5 Å². The highest BCUT2D eigenvalue weighted by Gasteiger charge is 2.25. The van der Waals surface area contributed by atoms with Gasteiger partial charge in [-0.15, -0.1) is 0 Å². The minimum atomic E-state index is -4.00. The van der Waals surface area contributed by atoms with E-state index in [4.69, 9.17) is 21.1 Å². The monoisotopic (exact) mass is 486 g/mol. The second-order valence-corrected chi connectivity index (χ2v) is 9.74. The van der Waals surface area contributed by atoms with E-state index in [1.807, 2.05) is 49.4 Å². The predicted molar refractivity (Wildman–Crippen MR) is 125 cm³/mol. The van der Waals surface area contributed by atoms with Crippen LogP contribution in [0.4, 0.5) is 0 Å². The topological polar surface area (TPSA) is 93.7 Å². The van der Waals surface area contributed by atoms with Gasteiger partial charge in [0.2, 0.25) is 10.0 Å². The molecule has 0 spiro atoms. The summed E-state index contributed by atoms with van der Waals surface area (Å²) in [7, 11) is -4.00. The first-order chi connectivity index (χ1) is 15.8. The summed E-state index contributed by atoms with van der Waals surface area (Å²) in [4.78, 5) is 12.6. The van der Waals surface area contributed by atoms with Gasteiger partial charge in [-0.2, -0.15) is 0 Å². The molecular weight excluding hydrogens is 464 g/mol. The van der Waals surface area contributed by atoms with E-state index in [-0.39, 0.29) is 34.7 Å². The molecule has 172 valence electrons. The minimum absolute atomic E-state index is 0.0151. The summed E-state index contributed by atoms with van der Waals surface area (Å²) >= 11 is 6.17. The number of nitrogens with one attached hydrogen (secondary N) is 2. The molecule has 0 aromatic heterocycles. The molecule has 2 N–H and O–H groups in total. The Morgan fingerprint density at radius 2 is 1.76 bits per heavy atom. The third-order valence-corrected chi connectivity index (χ3v) is 7.10. The van der Waals surface area contributed by atoms with Crippen molar-refractivity contribution in [2.75, 3.05) is 13.2 Å². The summed E-state index contributed by atoms with van der Waals surface area (Å²) in [5, 5.41) is 2.89. The van der Waals surface area contributed by atoms with Crippen molar-refractivity contribution in [3.63, 3.8) is 0 Å². The van der Waals surface area contributed by atoms with E-state index in [0.717, 1.165) is 5.56 Å². The van der Waals surface area contributed by atoms with Crippen LogP contribution in [-0.4, -0.2) is 33.6 Å². The van der Waals surface area contributed by atoms with E-state index in [1.54, 1.807) is 12.1 Å². The van der Waals surface area contributed by atoms with Crippen LogP contribution in [0.5, 0.6) is 11.5 Å². The summed E-state index contributed by atoms with van der Waals surface area (Å²) in [5.74, 6) is 0.764. The van der Waals surface area contributed by atoms with Gasteiger partial charge in [-0.1, -0.05) is 54.1 Å². The van der Waals surface area contributed by atoms with Gasteiger partial charge in [-0.3, -0.25) is 4.79 Å². The number of carbonyl (C=O) groups is 1. The van der Waals surface area contributed by atoms with Crippen LogP contribution in [0.3, 0.4) is 0 Å². The molecule has 0 saturated carbocycles. The standard InChI is InChI=1S/C24H23ClN2O5S/c1-16(17-7-3-2-4-8-17)27-24(28)18-11-12-20(25)23(13-18)33(29,30)26-14-19-15-31-21-9-5-6-10-22(21)32-19/h2-13,16,19,26H,14-15H2,1H3,(H,27,28)/t16-,19+/m1/s1. The van der Waals surface area contributed by atoms with Gasteiger partial charge in [0.15, 0.2) is 11.5 Å². The maximum Gasteiger partial charge on any atom is 0.251 e. The molecule has 0 radical (unpaired) electrons. The molecule has 0 bridgehead atoms. The van der Waals surface area contributed by atoms with E-state index in [1.165, 1.54) is 18.2 Å². The number of para-hydroxylation sites is 2. The molecular formula is C24H23ClN2O5S. The van der Waals surface area contributed by atoms with Crippen molar-refractivity contribution in [1.29, 1.82) is 0 Å². The maximum absolute atomic E-state index is 12.9. The largest absolute Gasteiger partial charge is 0.486 e. The molecule has 33 heavy (non-hydrogen) atoms. The molecule has 1 aliphatic heterocycles. The zero-order valence-electron chi connectivity index (χ0n) is 17.8. The highest BCUT2D eigenvalue weighted by atomic mass is 35.5. The number of benzene rings is 3. The number of amides is 1. The van der Waals surface area contributed by atoms with Crippen molar-refractivity contribution < 1.29 is 22.7 Å². The first kappa shape index (κ1) is 23.1. The SMILES string of the molecule is C[C@@H](NC(=O)c1ccc(Cl)c(S(=O)(=O)NC[C@H]2COc3ccccc3O2)c1)c1ccccc1. The molecule has 0 fully saturated rings. The van der Waals surface area contributed by atoms with Gasteiger partial charge in [0.25, 0.3) is 5.91 Å². The quantitative estimate of drug-likeness (QED) is 0.527. The van der Waals surface area contributed by atoms with Gasteiger partial charge in [0.1, 0.15) is 17.6 Å². The van der Waals surface area contributed by atoms with Gasteiger partial charge in [0, 0.05) is 5.56 Å². The van der Waals surface area contributed by atoms with E-state index >= 15 is 0 Å².